The fourth-order valence-corrected chi connectivity index (χ4v) is 1.33. The third kappa shape index (κ3) is 0.843. The van der Waals surface area contributed by atoms with Gasteiger partial charge in [-0.05, 0) is 25.5 Å². The largest absolute Gasteiger partial charge is 0.458 e. The predicted octanol–water partition coefficient (Wildman–Crippen LogP) is 3.19. The molecule has 0 amide bonds. The molecular weight excluding hydrogens is 155 g/mol. The Labute approximate surface area is 69.8 Å². The van der Waals surface area contributed by atoms with Crippen LogP contribution in [0.2, 0.25) is 0 Å². The second-order valence-corrected chi connectivity index (χ2v) is 2.90. The first kappa shape index (κ1) is 7.35. The first-order valence-electron chi connectivity index (χ1n) is 3.84. The van der Waals surface area contributed by atoms with E-state index in [2.05, 4.69) is 0 Å². The maximum absolute atomic E-state index is 13.1. The quantitative estimate of drug-likeness (QED) is 0.582. The number of para-hydroxylation sites is 1. The number of halogens is 1. The van der Waals surface area contributed by atoms with Gasteiger partial charge in [0.15, 0.2) is 11.4 Å². The van der Waals surface area contributed by atoms with Gasteiger partial charge in [-0.3, -0.25) is 0 Å². The Hall–Kier alpha value is -1.31. The minimum Gasteiger partial charge on any atom is -0.458 e. The Balaban J connectivity index is 2.95. The topological polar surface area (TPSA) is 13.1 Å². The van der Waals surface area contributed by atoms with Crippen molar-refractivity contribution < 1.29 is 8.81 Å². The van der Waals surface area contributed by atoms with Crippen molar-refractivity contribution in [1.82, 2.24) is 0 Å². The van der Waals surface area contributed by atoms with E-state index in [1.54, 1.807) is 6.07 Å². The molecule has 0 saturated carbocycles. The van der Waals surface area contributed by atoms with Crippen LogP contribution in [-0.4, -0.2) is 0 Å². The average Bonchev–Trinajstić information content (AvgIpc) is 2.32. The van der Waals surface area contributed by atoms with Gasteiger partial charge in [-0.25, -0.2) is 4.39 Å². The second kappa shape index (κ2) is 2.34. The lowest BCUT2D eigenvalue weighted by molar-refractivity contribution is 0.536. The summed E-state index contributed by atoms with van der Waals surface area (Å²) in [7, 11) is 0. The first-order chi connectivity index (χ1) is 5.70. The molecule has 0 radical (unpaired) electrons. The van der Waals surface area contributed by atoms with Gasteiger partial charge in [-0.15, -0.1) is 0 Å². The van der Waals surface area contributed by atoms with Crippen LogP contribution in [0.3, 0.4) is 0 Å². The highest BCUT2D eigenvalue weighted by atomic mass is 19.1. The minimum absolute atomic E-state index is 0.288. The Morgan fingerprint density at radius 1 is 1.25 bits per heavy atom. The van der Waals surface area contributed by atoms with Crippen LogP contribution in [0.25, 0.3) is 11.0 Å². The third-order valence-electron chi connectivity index (χ3n) is 2.15. The molecule has 0 aliphatic carbocycles. The summed E-state index contributed by atoms with van der Waals surface area (Å²) in [6.45, 7) is 3.77. The number of furan rings is 1. The maximum Gasteiger partial charge on any atom is 0.170 e. The van der Waals surface area contributed by atoms with E-state index in [-0.39, 0.29) is 5.82 Å². The summed E-state index contributed by atoms with van der Waals surface area (Å²) in [5.74, 6) is 0.499. The van der Waals surface area contributed by atoms with Gasteiger partial charge in [-0.1, -0.05) is 12.1 Å². The van der Waals surface area contributed by atoms with Crippen LogP contribution in [0, 0.1) is 19.7 Å². The molecule has 2 heteroatoms. The Morgan fingerprint density at radius 2 is 2.00 bits per heavy atom. The van der Waals surface area contributed by atoms with E-state index in [1.165, 1.54) is 6.07 Å². The minimum atomic E-state index is -0.288. The van der Waals surface area contributed by atoms with Crippen molar-refractivity contribution >= 4 is 11.0 Å². The summed E-state index contributed by atoms with van der Waals surface area (Å²) in [4.78, 5) is 0. The molecule has 0 unspecified atom stereocenters. The van der Waals surface area contributed by atoms with Gasteiger partial charge >= 0.3 is 0 Å². The summed E-state index contributed by atoms with van der Waals surface area (Å²) < 4.78 is 18.3. The maximum atomic E-state index is 13.1. The van der Waals surface area contributed by atoms with Crippen molar-refractivity contribution in [2.45, 2.75) is 13.8 Å². The molecule has 0 spiro atoms. The van der Waals surface area contributed by atoms with E-state index in [1.807, 2.05) is 19.9 Å². The van der Waals surface area contributed by atoms with Crippen molar-refractivity contribution in [2.75, 3.05) is 0 Å². The zero-order valence-corrected chi connectivity index (χ0v) is 7.02. The highest BCUT2D eigenvalue weighted by Crippen LogP contribution is 2.26. The van der Waals surface area contributed by atoms with Crippen LogP contribution in [-0.2, 0) is 0 Å². The molecule has 1 heterocycles. The van der Waals surface area contributed by atoms with Gasteiger partial charge in [0.2, 0.25) is 0 Å². The third-order valence-corrected chi connectivity index (χ3v) is 2.15. The number of aryl methyl sites for hydroxylation is 2. The van der Waals surface area contributed by atoms with Crippen molar-refractivity contribution in [3.63, 3.8) is 0 Å². The molecule has 0 saturated heterocycles. The fourth-order valence-electron chi connectivity index (χ4n) is 1.33. The van der Waals surface area contributed by atoms with Crippen LogP contribution in [0.1, 0.15) is 11.3 Å². The van der Waals surface area contributed by atoms with Gasteiger partial charge in [0.25, 0.3) is 0 Å². The molecule has 12 heavy (non-hydrogen) atoms. The smallest absolute Gasteiger partial charge is 0.170 e. The molecule has 2 aromatic rings. The highest BCUT2D eigenvalue weighted by molar-refractivity contribution is 5.82. The lowest BCUT2D eigenvalue weighted by Gasteiger charge is -1.88. The zero-order chi connectivity index (χ0) is 8.72. The molecule has 0 aliphatic rings. The summed E-state index contributed by atoms with van der Waals surface area (Å²) in [5, 5.41) is 0.868. The molecular formula is C10H9FO. The second-order valence-electron chi connectivity index (χ2n) is 2.90. The molecule has 1 aromatic heterocycles. The normalized spacial score (nSPS) is 10.9. The molecule has 1 nitrogen and oxygen atoms in total. The van der Waals surface area contributed by atoms with Gasteiger partial charge in [0.05, 0.1) is 0 Å². The fraction of sp³-hybridized carbons (Fsp3) is 0.200. The molecule has 62 valence electrons. The molecule has 2 rings (SSSR count). The SMILES string of the molecule is Cc1oc2c(F)cccc2c1C. The van der Waals surface area contributed by atoms with Crippen molar-refractivity contribution in [3.05, 3.63) is 35.3 Å². The van der Waals surface area contributed by atoms with E-state index in [4.69, 9.17) is 4.42 Å². The van der Waals surface area contributed by atoms with Crippen LogP contribution < -0.4 is 0 Å². The summed E-state index contributed by atoms with van der Waals surface area (Å²) in [6.07, 6.45) is 0. The van der Waals surface area contributed by atoms with E-state index < -0.39 is 0 Å². The van der Waals surface area contributed by atoms with Gasteiger partial charge in [-0.2, -0.15) is 0 Å². The molecule has 0 aliphatic heterocycles. The number of rotatable bonds is 0. The molecule has 1 aromatic carbocycles. The summed E-state index contributed by atoms with van der Waals surface area (Å²) in [5.41, 5.74) is 1.39. The van der Waals surface area contributed by atoms with E-state index in [9.17, 15) is 4.39 Å². The summed E-state index contributed by atoms with van der Waals surface area (Å²) in [6, 6.07) is 4.97. The number of fused-ring (bicyclic) bond motifs is 1. The van der Waals surface area contributed by atoms with Gasteiger partial charge in [0, 0.05) is 5.39 Å². The summed E-state index contributed by atoms with van der Waals surface area (Å²) >= 11 is 0. The Morgan fingerprint density at radius 3 is 2.67 bits per heavy atom. The molecule has 0 N–H and O–H groups in total. The molecule has 0 bridgehead atoms. The van der Waals surface area contributed by atoms with Crippen molar-refractivity contribution in [1.29, 1.82) is 0 Å². The van der Waals surface area contributed by atoms with E-state index in [0.717, 1.165) is 16.7 Å². The number of hydrogen-bond donors (Lipinski definition) is 0. The van der Waals surface area contributed by atoms with Crippen LogP contribution >= 0.6 is 0 Å². The molecule has 0 atom stereocenters. The van der Waals surface area contributed by atoms with E-state index >= 15 is 0 Å². The molecule has 0 fully saturated rings. The lowest BCUT2D eigenvalue weighted by Crippen LogP contribution is -1.73. The first-order valence-corrected chi connectivity index (χ1v) is 3.84. The zero-order valence-electron chi connectivity index (χ0n) is 7.02. The monoisotopic (exact) mass is 164 g/mol. The average molecular weight is 164 g/mol. The van der Waals surface area contributed by atoms with Crippen LogP contribution in [0.4, 0.5) is 4.39 Å². The van der Waals surface area contributed by atoms with Gasteiger partial charge in [0.1, 0.15) is 5.76 Å². The number of hydrogen-bond acceptors (Lipinski definition) is 1. The Bertz CT molecular complexity index is 429. The predicted molar refractivity (Wildman–Crippen MR) is 45.6 cm³/mol. The van der Waals surface area contributed by atoms with Gasteiger partial charge < -0.3 is 4.42 Å². The van der Waals surface area contributed by atoms with Crippen LogP contribution in [0.15, 0.2) is 22.6 Å². The lowest BCUT2D eigenvalue weighted by atomic mass is 10.1. The highest BCUT2D eigenvalue weighted by Gasteiger charge is 2.09. The van der Waals surface area contributed by atoms with Crippen LogP contribution in [0.5, 0.6) is 0 Å². The Kier molecular flexibility index (Phi) is 1.43. The standard InChI is InChI=1S/C10H9FO/c1-6-7(2)12-10-8(6)4-3-5-9(10)11/h3-5H,1-2H3. The van der Waals surface area contributed by atoms with Crippen molar-refractivity contribution in [3.8, 4) is 0 Å². The van der Waals surface area contributed by atoms with E-state index in [0.29, 0.717) is 5.58 Å². The number of benzene rings is 1. The van der Waals surface area contributed by atoms with Crippen molar-refractivity contribution in [2.24, 2.45) is 0 Å².